The minimum Gasteiger partial charge on any atom is -0.501 e. The van der Waals surface area contributed by atoms with E-state index in [0.717, 1.165) is 25.0 Å². The summed E-state index contributed by atoms with van der Waals surface area (Å²) in [6.45, 7) is 7.80. The van der Waals surface area contributed by atoms with Gasteiger partial charge in [-0.15, -0.1) is 0 Å². The lowest BCUT2D eigenvalue weighted by atomic mass is 9.42. The van der Waals surface area contributed by atoms with Gasteiger partial charge in [0, 0.05) is 13.0 Å². The van der Waals surface area contributed by atoms with Crippen LogP contribution in [0.4, 0.5) is 0 Å². The van der Waals surface area contributed by atoms with E-state index in [1.54, 1.807) is 18.3 Å². The number of methoxy groups -OCH3 is 1. The van der Waals surface area contributed by atoms with Crippen LogP contribution in [-0.4, -0.2) is 18.8 Å². The minimum atomic E-state index is 0.0282. The minimum absolute atomic E-state index is 0.0282. The zero-order chi connectivity index (χ0) is 17.2. The zero-order valence-electron chi connectivity index (χ0n) is 16.0. The van der Waals surface area contributed by atoms with Crippen LogP contribution in [0.25, 0.3) is 0 Å². The van der Waals surface area contributed by atoms with E-state index in [1.165, 1.54) is 32.1 Å². The highest BCUT2D eigenvalue weighted by molar-refractivity contribution is 5.35. The third kappa shape index (κ3) is 2.04. The average Bonchev–Trinajstić information content (AvgIpc) is 2.89. The van der Waals surface area contributed by atoms with E-state index >= 15 is 0 Å². The lowest BCUT2D eigenvalue weighted by molar-refractivity contribution is -0.120. The summed E-state index contributed by atoms with van der Waals surface area (Å²) in [6, 6.07) is 0. The predicted octanol–water partition coefficient (Wildman–Crippen LogP) is 5.23. The van der Waals surface area contributed by atoms with Crippen molar-refractivity contribution in [2.24, 2.45) is 28.1 Å². The fourth-order valence-corrected chi connectivity index (χ4v) is 7.35. The summed E-state index contributed by atoms with van der Waals surface area (Å²) in [4.78, 5) is 0. The highest BCUT2D eigenvalue weighted by Crippen LogP contribution is 2.71. The van der Waals surface area contributed by atoms with Gasteiger partial charge < -0.3 is 9.84 Å². The lowest BCUT2D eigenvalue weighted by Crippen LogP contribution is -2.56. The fraction of sp³-hybridized carbons (Fsp3) is 0.818. The van der Waals surface area contributed by atoms with Gasteiger partial charge in [-0.2, -0.15) is 0 Å². The van der Waals surface area contributed by atoms with Crippen molar-refractivity contribution in [2.75, 3.05) is 13.7 Å². The van der Waals surface area contributed by atoms with Gasteiger partial charge in [0.05, 0.1) is 12.9 Å². The van der Waals surface area contributed by atoms with E-state index in [4.69, 9.17) is 4.74 Å². The fourth-order valence-electron chi connectivity index (χ4n) is 7.35. The van der Waals surface area contributed by atoms with E-state index in [0.29, 0.717) is 29.3 Å². The van der Waals surface area contributed by atoms with Gasteiger partial charge in [0.1, 0.15) is 0 Å². The molecule has 1 N–H and O–H groups in total. The number of aliphatic hydroxyl groups is 1. The molecule has 0 aromatic rings. The summed E-state index contributed by atoms with van der Waals surface area (Å²) < 4.78 is 5.55. The number of hydrogen-bond donors (Lipinski definition) is 1. The molecule has 134 valence electrons. The Morgan fingerprint density at radius 2 is 2.00 bits per heavy atom. The van der Waals surface area contributed by atoms with Crippen LogP contribution in [0.5, 0.6) is 0 Å². The number of allylic oxidation sites excluding steroid dienone is 3. The first-order valence-electron chi connectivity index (χ1n) is 9.92. The topological polar surface area (TPSA) is 29.5 Å². The predicted molar refractivity (Wildman–Crippen MR) is 97.4 cm³/mol. The second-order valence-electron chi connectivity index (χ2n) is 9.83. The van der Waals surface area contributed by atoms with Gasteiger partial charge in [-0.05, 0) is 72.7 Å². The van der Waals surface area contributed by atoms with Gasteiger partial charge in [0.15, 0.2) is 0 Å². The number of hydrogen-bond acceptors (Lipinski definition) is 2. The first-order chi connectivity index (χ1) is 11.4. The first kappa shape index (κ1) is 16.7. The van der Waals surface area contributed by atoms with Crippen molar-refractivity contribution in [3.05, 3.63) is 23.0 Å². The largest absolute Gasteiger partial charge is 0.501 e. The molecule has 4 aliphatic rings. The summed E-state index contributed by atoms with van der Waals surface area (Å²) in [7, 11) is 1.79. The average molecular weight is 331 g/mol. The van der Waals surface area contributed by atoms with Crippen LogP contribution in [0.2, 0.25) is 0 Å². The Kier molecular flexibility index (Phi) is 3.73. The Balaban J connectivity index is 1.78. The van der Waals surface area contributed by atoms with Crippen LogP contribution in [0.3, 0.4) is 0 Å². The second kappa shape index (κ2) is 5.37. The van der Waals surface area contributed by atoms with Crippen LogP contribution in [0.15, 0.2) is 23.0 Å². The molecule has 4 aliphatic carbocycles. The van der Waals surface area contributed by atoms with E-state index in [1.807, 2.05) is 0 Å². The van der Waals surface area contributed by atoms with Crippen LogP contribution in [0.1, 0.15) is 72.1 Å². The molecule has 24 heavy (non-hydrogen) atoms. The van der Waals surface area contributed by atoms with E-state index in [2.05, 4.69) is 26.8 Å². The summed E-state index contributed by atoms with van der Waals surface area (Å²) in [5.74, 6) is 2.43. The molecule has 2 heteroatoms. The Bertz CT molecular complexity index is 603. The molecule has 0 aromatic heterocycles. The second-order valence-corrected chi connectivity index (χ2v) is 9.83. The van der Waals surface area contributed by atoms with Gasteiger partial charge in [0.25, 0.3) is 0 Å². The van der Waals surface area contributed by atoms with Crippen molar-refractivity contribution >= 4 is 0 Å². The van der Waals surface area contributed by atoms with Crippen molar-refractivity contribution in [3.8, 4) is 0 Å². The molecule has 5 atom stereocenters. The van der Waals surface area contributed by atoms with Crippen molar-refractivity contribution < 1.29 is 9.84 Å². The molecule has 2 saturated carbocycles. The number of rotatable bonds is 2. The maximum absolute atomic E-state index is 10.5. The first-order valence-corrected chi connectivity index (χ1v) is 9.92. The molecule has 0 aromatic carbocycles. The standard InChI is InChI=1S/C22H34O2/c1-20(14-23)13-15-12-16(24-4)6-7-17(15)18-8-11-21(2)9-5-10-22(21,3)19(18)20/h6,18-19,23H,5,7-14H2,1-4H3/t18-,19+,20-,21+,22-/m1/s1. The van der Waals surface area contributed by atoms with Crippen LogP contribution < -0.4 is 0 Å². The Labute approximate surface area is 147 Å². The molecule has 0 saturated heterocycles. The highest BCUT2D eigenvalue weighted by atomic mass is 16.5. The summed E-state index contributed by atoms with van der Waals surface area (Å²) in [5, 5.41) is 10.5. The monoisotopic (exact) mass is 330 g/mol. The molecule has 4 rings (SSSR count). The molecular formula is C22H34O2. The molecule has 0 amide bonds. The Hall–Kier alpha value is -0.760. The van der Waals surface area contributed by atoms with E-state index in [9.17, 15) is 5.11 Å². The molecule has 0 unspecified atom stereocenters. The zero-order valence-corrected chi connectivity index (χ0v) is 16.0. The third-order valence-electron chi connectivity index (χ3n) is 8.73. The van der Waals surface area contributed by atoms with Gasteiger partial charge in [-0.1, -0.05) is 38.3 Å². The summed E-state index contributed by atoms with van der Waals surface area (Å²) in [5.41, 5.74) is 4.18. The third-order valence-corrected chi connectivity index (χ3v) is 8.73. The normalized spacial score (nSPS) is 47.6. The molecule has 2 nitrogen and oxygen atoms in total. The SMILES string of the molecule is COC1=CCC2=C(C1)C[C@](C)(CO)[C@@H]1[C@@H]2CC[C@]2(C)CCC[C@]12C. The highest BCUT2D eigenvalue weighted by Gasteiger charge is 2.63. The van der Waals surface area contributed by atoms with Crippen LogP contribution in [0, 0.1) is 28.1 Å². The molecule has 0 aliphatic heterocycles. The quantitative estimate of drug-likeness (QED) is 0.702. The van der Waals surface area contributed by atoms with Gasteiger partial charge in [-0.25, -0.2) is 0 Å². The van der Waals surface area contributed by atoms with Crippen molar-refractivity contribution in [1.29, 1.82) is 0 Å². The molecule has 0 heterocycles. The molecular weight excluding hydrogens is 296 g/mol. The van der Waals surface area contributed by atoms with Gasteiger partial charge in [-0.3, -0.25) is 0 Å². The van der Waals surface area contributed by atoms with Gasteiger partial charge >= 0.3 is 0 Å². The van der Waals surface area contributed by atoms with Crippen LogP contribution in [-0.2, 0) is 4.74 Å². The van der Waals surface area contributed by atoms with Gasteiger partial charge in [0.2, 0.25) is 0 Å². The molecule has 0 radical (unpaired) electrons. The molecule has 0 spiro atoms. The maximum atomic E-state index is 10.5. The van der Waals surface area contributed by atoms with E-state index in [-0.39, 0.29) is 5.41 Å². The number of ether oxygens (including phenoxy) is 1. The van der Waals surface area contributed by atoms with Crippen molar-refractivity contribution in [3.63, 3.8) is 0 Å². The lowest BCUT2D eigenvalue weighted by Gasteiger charge is -2.62. The van der Waals surface area contributed by atoms with Crippen molar-refractivity contribution in [1.82, 2.24) is 0 Å². The summed E-state index contributed by atoms with van der Waals surface area (Å²) in [6.07, 6.45) is 12.2. The van der Waals surface area contributed by atoms with Crippen molar-refractivity contribution in [2.45, 2.75) is 72.1 Å². The number of fused-ring (bicyclic) bond motifs is 4. The van der Waals surface area contributed by atoms with E-state index < -0.39 is 0 Å². The maximum Gasteiger partial charge on any atom is 0.0959 e. The molecule has 2 fully saturated rings. The van der Waals surface area contributed by atoms with Crippen LogP contribution >= 0.6 is 0 Å². The Morgan fingerprint density at radius 3 is 2.71 bits per heavy atom. The smallest absolute Gasteiger partial charge is 0.0959 e. The molecule has 0 bridgehead atoms. The number of aliphatic hydroxyl groups excluding tert-OH is 1. The Morgan fingerprint density at radius 1 is 1.21 bits per heavy atom. The summed E-state index contributed by atoms with van der Waals surface area (Å²) >= 11 is 0.